The van der Waals surface area contributed by atoms with E-state index in [1.165, 1.54) is 12.1 Å². The predicted molar refractivity (Wildman–Crippen MR) is 90.5 cm³/mol. The number of anilines is 1. The third-order valence-corrected chi connectivity index (χ3v) is 3.35. The summed E-state index contributed by atoms with van der Waals surface area (Å²) in [5.74, 6) is -0.251. The zero-order valence-electron chi connectivity index (χ0n) is 13.0. The highest BCUT2D eigenvalue weighted by Crippen LogP contribution is 2.30. The van der Waals surface area contributed by atoms with Crippen molar-refractivity contribution in [1.29, 1.82) is 0 Å². The molecule has 0 atom stereocenters. The molecular formula is C19H19FN2. The minimum absolute atomic E-state index is 0.117. The summed E-state index contributed by atoms with van der Waals surface area (Å²) in [6.07, 6.45) is 0. The molecule has 0 spiro atoms. The Labute approximate surface area is 130 Å². The summed E-state index contributed by atoms with van der Waals surface area (Å²) in [7, 11) is 0. The van der Waals surface area contributed by atoms with Crippen LogP contribution in [0.15, 0.2) is 54.6 Å². The Kier molecular flexibility index (Phi) is 3.57. The van der Waals surface area contributed by atoms with Crippen LogP contribution in [0.2, 0.25) is 0 Å². The standard InChI is InChI=1S/C19H19FN2/c1-19(2,3)22-18-12-17(13-7-5-4-6-8-13)21-16-10-9-14(20)11-15(16)18/h4-12H,1-3H3,(H,21,22). The van der Waals surface area contributed by atoms with Crippen molar-refractivity contribution >= 4 is 16.6 Å². The highest BCUT2D eigenvalue weighted by atomic mass is 19.1. The molecule has 0 amide bonds. The van der Waals surface area contributed by atoms with Crippen molar-refractivity contribution in [3.8, 4) is 11.3 Å². The van der Waals surface area contributed by atoms with E-state index in [9.17, 15) is 4.39 Å². The lowest BCUT2D eigenvalue weighted by atomic mass is 10.0. The fraction of sp³-hybridized carbons (Fsp3) is 0.211. The first-order valence-corrected chi connectivity index (χ1v) is 7.36. The van der Waals surface area contributed by atoms with Crippen LogP contribution in [0.1, 0.15) is 20.8 Å². The van der Waals surface area contributed by atoms with Crippen molar-refractivity contribution in [3.05, 3.63) is 60.4 Å². The van der Waals surface area contributed by atoms with Gasteiger partial charge in [0.2, 0.25) is 0 Å². The van der Waals surface area contributed by atoms with Crippen LogP contribution >= 0.6 is 0 Å². The molecule has 0 bridgehead atoms. The normalized spacial score (nSPS) is 11.6. The summed E-state index contributed by atoms with van der Waals surface area (Å²) < 4.78 is 13.6. The molecule has 3 heteroatoms. The zero-order valence-corrected chi connectivity index (χ0v) is 13.0. The molecule has 3 aromatic rings. The number of nitrogens with one attached hydrogen (secondary N) is 1. The smallest absolute Gasteiger partial charge is 0.124 e. The molecule has 112 valence electrons. The van der Waals surface area contributed by atoms with E-state index in [-0.39, 0.29) is 11.4 Å². The molecule has 0 unspecified atom stereocenters. The first-order valence-electron chi connectivity index (χ1n) is 7.36. The van der Waals surface area contributed by atoms with E-state index in [1.807, 2.05) is 36.4 Å². The van der Waals surface area contributed by atoms with Gasteiger partial charge in [-0.2, -0.15) is 0 Å². The van der Waals surface area contributed by atoms with Gasteiger partial charge in [0, 0.05) is 22.2 Å². The van der Waals surface area contributed by atoms with Crippen LogP contribution < -0.4 is 5.32 Å². The lowest BCUT2D eigenvalue weighted by molar-refractivity contribution is 0.627. The summed E-state index contributed by atoms with van der Waals surface area (Å²) in [5.41, 5.74) is 3.50. The number of pyridine rings is 1. The molecule has 0 aliphatic rings. The van der Waals surface area contributed by atoms with Gasteiger partial charge < -0.3 is 5.32 Å². The number of halogens is 1. The Balaban J connectivity index is 2.22. The molecule has 3 rings (SSSR count). The molecule has 0 aliphatic carbocycles. The fourth-order valence-electron chi connectivity index (χ4n) is 2.46. The summed E-state index contributed by atoms with van der Waals surface area (Å²) in [4.78, 5) is 4.67. The second-order valence-corrected chi connectivity index (χ2v) is 6.46. The molecule has 1 aromatic heterocycles. The molecule has 1 heterocycles. The average Bonchev–Trinajstić information content (AvgIpc) is 2.47. The summed E-state index contributed by atoms with van der Waals surface area (Å²) >= 11 is 0. The molecule has 0 aliphatic heterocycles. The van der Waals surface area contributed by atoms with Gasteiger partial charge in [-0.05, 0) is 45.0 Å². The number of fused-ring (bicyclic) bond motifs is 1. The molecule has 2 nitrogen and oxygen atoms in total. The number of hydrogen-bond donors (Lipinski definition) is 1. The molecule has 22 heavy (non-hydrogen) atoms. The molecule has 0 saturated heterocycles. The van der Waals surface area contributed by atoms with Gasteiger partial charge in [0.05, 0.1) is 11.2 Å². The van der Waals surface area contributed by atoms with Gasteiger partial charge in [0.15, 0.2) is 0 Å². The summed E-state index contributed by atoms with van der Waals surface area (Å²) in [5, 5.41) is 4.26. The lowest BCUT2D eigenvalue weighted by Crippen LogP contribution is -2.26. The predicted octanol–water partition coefficient (Wildman–Crippen LogP) is 5.25. The second kappa shape index (κ2) is 5.41. The number of nitrogens with zero attached hydrogens (tertiary/aromatic N) is 1. The summed E-state index contributed by atoms with van der Waals surface area (Å²) in [6.45, 7) is 6.25. The van der Waals surface area contributed by atoms with E-state index in [1.54, 1.807) is 6.07 Å². The average molecular weight is 294 g/mol. The second-order valence-electron chi connectivity index (χ2n) is 6.46. The van der Waals surface area contributed by atoms with E-state index in [0.717, 1.165) is 27.8 Å². The SMILES string of the molecule is CC(C)(C)Nc1cc(-c2ccccc2)nc2ccc(F)cc12. The van der Waals surface area contributed by atoms with Crippen molar-refractivity contribution in [3.63, 3.8) is 0 Å². The monoisotopic (exact) mass is 294 g/mol. The third-order valence-electron chi connectivity index (χ3n) is 3.35. The molecule has 2 aromatic carbocycles. The molecule has 0 radical (unpaired) electrons. The Morgan fingerprint density at radius 1 is 0.955 bits per heavy atom. The number of hydrogen-bond acceptors (Lipinski definition) is 2. The maximum absolute atomic E-state index is 13.6. The minimum atomic E-state index is -0.251. The Morgan fingerprint density at radius 2 is 1.68 bits per heavy atom. The van der Waals surface area contributed by atoms with Crippen LogP contribution in [-0.2, 0) is 0 Å². The molecule has 1 N–H and O–H groups in total. The molecular weight excluding hydrogens is 275 g/mol. The number of benzene rings is 2. The van der Waals surface area contributed by atoms with Crippen LogP contribution in [0.4, 0.5) is 10.1 Å². The number of rotatable bonds is 2. The molecule has 0 fully saturated rings. The van der Waals surface area contributed by atoms with Crippen molar-refractivity contribution < 1.29 is 4.39 Å². The van der Waals surface area contributed by atoms with Gasteiger partial charge in [-0.1, -0.05) is 30.3 Å². The van der Waals surface area contributed by atoms with Crippen LogP contribution in [0, 0.1) is 5.82 Å². The quantitative estimate of drug-likeness (QED) is 0.698. The Hall–Kier alpha value is -2.42. The fourth-order valence-corrected chi connectivity index (χ4v) is 2.46. The third kappa shape index (κ3) is 3.08. The van der Waals surface area contributed by atoms with Crippen LogP contribution in [-0.4, -0.2) is 10.5 Å². The van der Waals surface area contributed by atoms with Gasteiger partial charge in [0.25, 0.3) is 0 Å². The highest BCUT2D eigenvalue weighted by molar-refractivity contribution is 5.94. The van der Waals surface area contributed by atoms with E-state index in [4.69, 9.17) is 0 Å². The lowest BCUT2D eigenvalue weighted by Gasteiger charge is -2.24. The zero-order chi connectivity index (χ0) is 15.7. The van der Waals surface area contributed by atoms with E-state index < -0.39 is 0 Å². The Morgan fingerprint density at radius 3 is 2.36 bits per heavy atom. The maximum atomic E-state index is 13.6. The van der Waals surface area contributed by atoms with Gasteiger partial charge in [-0.25, -0.2) is 9.37 Å². The van der Waals surface area contributed by atoms with Gasteiger partial charge in [-0.15, -0.1) is 0 Å². The van der Waals surface area contributed by atoms with Gasteiger partial charge in [-0.3, -0.25) is 0 Å². The van der Waals surface area contributed by atoms with Crippen molar-refractivity contribution in [2.24, 2.45) is 0 Å². The maximum Gasteiger partial charge on any atom is 0.124 e. The van der Waals surface area contributed by atoms with Gasteiger partial charge >= 0.3 is 0 Å². The Bertz CT molecular complexity index is 805. The summed E-state index contributed by atoms with van der Waals surface area (Å²) in [6, 6.07) is 16.7. The van der Waals surface area contributed by atoms with E-state index >= 15 is 0 Å². The van der Waals surface area contributed by atoms with Gasteiger partial charge in [0.1, 0.15) is 5.82 Å². The van der Waals surface area contributed by atoms with E-state index in [2.05, 4.69) is 31.1 Å². The number of aromatic nitrogens is 1. The van der Waals surface area contributed by atoms with Crippen molar-refractivity contribution in [2.75, 3.05) is 5.32 Å². The van der Waals surface area contributed by atoms with Crippen LogP contribution in [0.5, 0.6) is 0 Å². The minimum Gasteiger partial charge on any atom is -0.380 e. The van der Waals surface area contributed by atoms with Crippen molar-refractivity contribution in [1.82, 2.24) is 4.98 Å². The molecule has 0 saturated carbocycles. The largest absolute Gasteiger partial charge is 0.380 e. The topological polar surface area (TPSA) is 24.9 Å². The highest BCUT2D eigenvalue weighted by Gasteiger charge is 2.14. The van der Waals surface area contributed by atoms with Crippen LogP contribution in [0.3, 0.4) is 0 Å². The van der Waals surface area contributed by atoms with Crippen molar-refractivity contribution in [2.45, 2.75) is 26.3 Å². The first kappa shape index (κ1) is 14.5. The first-order chi connectivity index (χ1) is 10.4. The van der Waals surface area contributed by atoms with Crippen LogP contribution in [0.25, 0.3) is 22.2 Å². The van der Waals surface area contributed by atoms with E-state index in [0.29, 0.717) is 0 Å².